The number of hydrogen-bond donors (Lipinski definition) is 1. The Labute approximate surface area is 114 Å². The molecule has 4 nitrogen and oxygen atoms in total. The Balaban J connectivity index is 1.97. The van der Waals surface area contributed by atoms with Crippen LogP contribution >= 0.6 is 0 Å². The summed E-state index contributed by atoms with van der Waals surface area (Å²) in [5.74, 6) is 0.864. The van der Waals surface area contributed by atoms with Gasteiger partial charge in [-0.1, -0.05) is 18.2 Å². The van der Waals surface area contributed by atoms with Crippen LogP contribution in [0, 0.1) is 6.92 Å². The summed E-state index contributed by atoms with van der Waals surface area (Å²) >= 11 is 0. The number of ether oxygens (including phenoxy) is 1. The van der Waals surface area contributed by atoms with Crippen molar-refractivity contribution in [2.45, 2.75) is 26.4 Å². The molecule has 1 aliphatic rings. The van der Waals surface area contributed by atoms with Gasteiger partial charge in [0, 0.05) is 19.6 Å². The molecule has 104 valence electrons. The van der Waals surface area contributed by atoms with Gasteiger partial charge < -0.3 is 15.0 Å². The van der Waals surface area contributed by atoms with Crippen molar-refractivity contribution >= 4 is 5.91 Å². The third-order valence-electron chi connectivity index (χ3n) is 3.40. The molecule has 1 aromatic carbocycles. The number of benzene rings is 1. The number of nitrogens with one attached hydrogen (secondary N) is 1. The monoisotopic (exact) mass is 262 g/mol. The molecule has 1 saturated heterocycles. The van der Waals surface area contributed by atoms with Gasteiger partial charge in [0.05, 0.1) is 0 Å². The zero-order valence-electron chi connectivity index (χ0n) is 11.7. The van der Waals surface area contributed by atoms with Crippen LogP contribution in [0.1, 0.15) is 18.9 Å². The molecule has 1 aliphatic heterocycles. The van der Waals surface area contributed by atoms with E-state index >= 15 is 0 Å². The minimum Gasteiger partial charge on any atom is -0.481 e. The Morgan fingerprint density at radius 2 is 2.11 bits per heavy atom. The van der Waals surface area contributed by atoms with Crippen molar-refractivity contribution in [2.24, 2.45) is 0 Å². The van der Waals surface area contributed by atoms with Crippen LogP contribution in [-0.2, 0) is 4.79 Å². The molecule has 1 heterocycles. The SMILES string of the molecule is Cc1ccccc1OC(C)C(=O)N1CCCNCC1. The van der Waals surface area contributed by atoms with Gasteiger partial charge in [-0.25, -0.2) is 0 Å². The Bertz CT molecular complexity index is 426. The number of nitrogens with zero attached hydrogens (tertiary/aromatic N) is 1. The fourth-order valence-electron chi connectivity index (χ4n) is 2.25. The number of aryl methyl sites for hydroxylation is 1. The van der Waals surface area contributed by atoms with Crippen molar-refractivity contribution in [2.75, 3.05) is 26.2 Å². The number of hydrogen-bond acceptors (Lipinski definition) is 3. The normalized spacial score (nSPS) is 17.7. The van der Waals surface area contributed by atoms with Crippen molar-refractivity contribution in [3.05, 3.63) is 29.8 Å². The number of rotatable bonds is 3. The van der Waals surface area contributed by atoms with Crippen LogP contribution in [0.25, 0.3) is 0 Å². The molecule has 0 spiro atoms. The summed E-state index contributed by atoms with van der Waals surface area (Å²) in [6.45, 7) is 7.24. The van der Waals surface area contributed by atoms with Gasteiger partial charge in [0.1, 0.15) is 5.75 Å². The largest absolute Gasteiger partial charge is 0.481 e. The fourth-order valence-corrected chi connectivity index (χ4v) is 2.25. The van der Waals surface area contributed by atoms with Gasteiger partial charge in [-0.3, -0.25) is 4.79 Å². The predicted molar refractivity (Wildman–Crippen MR) is 75.3 cm³/mol. The first-order chi connectivity index (χ1) is 9.18. The van der Waals surface area contributed by atoms with E-state index in [4.69, 9.17) is 4.74 Å². The number of carbonyl (C=O) groups excluding carboxylic acids is 1. The zero-order valence-corrected chi connectivity index (χ0v) is 11.7. The van der Waals surface area contributed by atoms with Crippen LogP contribution in [0.3, 0.4) is 0 Å². The van der Waals surface area contributed by atoms with Gasteiger partial charge in [0.2, 0.25) is 0 Å². The van der Waals surface area contributed by atoms with Crippen LogP contribution in [-0.4, -0.2) is 43.1 Å². The molecular weight excluding hydrogens is 240 g/mol. The van der Waals surface area contributed by atoms with Crippen molar-refractivity contribution < 1.29 is 9.53 Å². The van der Waals surface area contributed by atoms with E-state index in [2.05, 4.69) is 5.32 Å². The second kappa shape index (κ2) is 6.57. The van der Waals surface area contributed by atoms with Crippen LogP contribution in [0.4, 0.5) is 0 Å². The molecule has 0 aromatic heterocycles. The van der Waals surface area contributed by atoms with Gasteiger partial charge in [0.15, 0.2) is 6.10 Å². The zero-order chi connectivity index (χ0) is 13.7. The molecule has 1 atom stereocenters. The lowest BCUT2D eigenvalue weighted by Crippen LogP contribution is -2.42. The Morgan fingerprint density at radius 3 is 2.89 bits per heavy atom. The van der Waals surface area contributed by atoms with E-state index in [-0.39, 0.29) is 5.91 Å². The van der Waals surface area contributed by atoms with E-state index in [1.165, 1.54) is 0 Å². The number of amides is 1. The molecule has 2 rings (SSSR count). The minimum atomic E-state index is -0.431. The summed E-state index contributed by atoms with van der Waals surface area (Å²) in [4.78, 5) is 14.2. The topological polar surface area (TPSA) is 41.6 Å². The second-order valence-corrected chi connectivity index (χ2v) is 4.95. The summed E-state index contributed by atoms with van der Waals surface area (Å²) in [5, 5.41) is 3.30. The standard InChI is InChI=1S/C15H22N2O2/c1-12-6-3-4-7-14(12)19-13(2)15(18)17-10-5-8-16-9-11-17/h3-4,6-7,13,16H,5,8-11H2,1-2H3. The minimum absolute atomic E-state index is 0.0759. The van der Waals surface area contributed by atoms with Crippen molar-refractivity contribution in [1.29, 1.82) is 0 Å². The van der Waals surface area contributed by atoms with Crippen molar-refractivity contribution in [1.82, 2.24) is 10.2 Å². The Hall–Kier alpha value is -1.55. The van der Waals surface area contributed by atoms with E-state index in [9.17, 15) is 4.79 Å². The number of carbonyl (C=O) groups is 1. The molecule has 1 N–H and O–H groups in total. The van der Waals surface area contributed by atoms with Crippen LogP contribution in [0.2, 0.25) is 0 Å². The smallest absolute Gasteiger partial charge is 0.263 e. The van der Waals surface area contributed by atoms with Gasteiger partial charge in [-0.05, 0) is 38.4 Å². The lowest BCUT2D eigenvalue weighted by Gasteiger charge is -2.24. The lowest BCUT2D eigenvalue weighted by atomic mass is 10.2. The van der Waals surface area contributed by atoms with Gasteiger partial charge in [0.25, 0.3) is 5.91 Å². The first-order valence-electron chi connectivity index (χ1n) is 6.90. The van der Waals surface area contributed by atoms with Gasteiger partial charge in [-0.15, -0.1) is 0 Å². The fraction of sp³-hybridized carbons (Fsp3) is 0.533. The average molecular weight is 262 g/mol. The van der Waals surface area contributed by atoms with E-state index in [0.29, 0.717) is 0 Å². The Kier molecular flexibility index (Phi) is 4.80. The maximum absolute atomic E-state index is 12.3. The summed E-state index contributed by atoms with van der Waals surface area (Å²) in [6, 6.07) is 7.79. The quantitative estimate of drug-likeness (QED) is 0.899. The van der Waals surface area contributed by atoms with E-state index in [0.717, 1.165) is 43.9 Å². The van der Waals surface area contributed by atoms with E-state index in [1.54, 1.807) is 0 Å². The van der Waals surface area contributed by atoms with Crippen LogP contribution in [0.5, 0.6) is 5.75 Å². The number of para-hydroxylation sites is 1. The predicted octanol–water partition coefficient (Wildman–Crippen LogP) is 1.58. The highest BCUT2D eigenvalue weighted by atomic mass is 16.5. The van der Waals surface area contributed by atoms with Gasteiger partial charge >= 0.3 is 0 Å². The maximum Gasteiger partial charge on any atom is 0.263 e. The molecule has 1 unspecified atom stereocenters. The second-order valence-electron chi connectivity index (χ2n) is 4.95. The molecule has 0 radical (unpaired) electrons. The summed E-state index contributed by atoms with van der Waals surface area (Å²) < 4.78 is 5.79. The lowest BCUT2D eigenvalue weighted by molar-refractivity contribution is -0.137. The molecular formula is C15H22N2O2. The Morgan fingerprint density at radius 1 is 1.32 bits per heavy atom. The summed E-state index contributed by atoms with van der Waals surface area (Å²) in [6.07, 6.45) is 0.572. The van der Waals surface area contributed by atoms with Crippen LogP contribution < -0.4 is 10.1 Å². The maximum atomic E-state index is 12.3. The van der Waals surface area contributed by atoms with E-state index in [1.807, 2.05) is 43.0 Å². The first kappa shape index (κ1) is 13.9. The van der Waals surface area contributed by atoms with Crippen molar-refractivity contribution in [3.63, 3.8) is 0 Å². The molecule has 4 heteroatoms. The summed E-state index contributed by atoms with van der Waals surface area (Å²) in [5.41, 5.74) is 1.06. The highest BCUT2D eigenvalue weighted by molar-refractivity contribution is 5.81. The molecule has 1 aromatic rings. The van der Waals surface area contributed by atoms with Crippen LogP contribution in [0.15, 0.2) is 24.3 Å². The molecule has 1 amide bonds. The third-order valence-corrected chi connectivity index (χ3v) is 3.40. The molecule has 0 aliphatic carbocycles. The van der Waals surface area contributed by atoms with E-state index < -0.39 is 6.10 Å². The molecule has 0 bridgehead atoms. The van der Waals surface area contributed by atoms with Crippen molar-refractivity contribution in [3.8, 4) is 5.75 Å². The summed E-state index contributed by atoms with van der Waals surface area (Å²) in [7, 11) is 0. The van der Waals surface area contributed by atoms with Gasteiger partial charge in [-0.2, -0.15) is 0 Å². The first-order valence-corrected chi connectivity index (χ1v) is 6.90. The molecule has 0 saturated carbocycles. The third kappa shape index (κ3) is 3.70. The highest BCUT2D eigenvalue weighted by Crippen LogP contribution is 2.18. The highest BCUT2D eigenvalue weighted by Gasteiger charge is 2.22. The molecule has 19 heavy (non-hydrogen) atoms. The average Bonchev–Trinajstić information content (AvgIpc) is 2.69. The molecule has 1 fully saturated rings.